The summed E-state index contributed by atoms with van der Waals surface area (Å²) in [6.45, 7) is 0.775. The molecule has 5 nitrogen and oxygen atoms in total. The van der Waals surface area contributed by atoms with Gasteiger partial charge in [-0.05, 0) is 66.1 Å². The van der Waals surface area contributed by atoms with Gasteiger partial charge in [0.15, 0.2) is 0 Å². The van der Waals surface area contributed by atoms with E-state index in [1.165, 1.54) is 11.6 Å². The van der Waals surface area contributed by atoms with Crippen molar-refractivity contribution in [3.8, 4) is 0 Å². The number of anilines is 2. The molecule has 1 fully saturated rings. The zero-order valence-electron chi connectivity index (χ0n) is 17.0. The molecule has 0 radical (unpaired) electrons. The monoisotopic (exact) mass is 429 g/mol. The topological polar surface area (TPSA) is 62.3 Å². The fourth-order valence-electron chi connectivity index (χ4n) is 3.33. The van der Waals surface area contributed by atoms with Crippen LogP contribution >= 0.6 is 11.8 Å². The van der Waals surface area contributed by atoms with E-state index in [1.807, 2.05) is 60.8 Å². The van der Waals surface area contributed by atoms with Gasteiger partial charge in [-0.3, -0.25) is 14.6 Å². The van der Waals surface area contributed by atoms with Gasteiger partial charge in [0, 0.05) is 53.5 Å². The molecule has 0 saturated carbocycles. The smallest absolute Gasteiger partial charge is 0.248 e. The van der Waals surface area contributed by atoms with Gasteiger partial charge in [-0.2, -0.15) is 0 Å². The van der Waals surface area contributed by atoms with Crippen molar-refractivity contribution in [1.29, 1.82) is 0 Å². The summed E-state index contributed by atoms with van der Waals surface area (Å²) in [5.41, 5.74) is 3.75. The molecule has 0 bridgehead atoms. The highest BCUT2D eigenvalue weighted by atomic mass is 32.2. The van der Waals surface area contributed by atoms with Gasteiger partial charge in [0.2, 0.25) is 11.8 Å². The summed E-state index contributed by atoms with van der Waals surface area (Å²) in [6.07, 6.45) is 8.44. The molecule has 0 spiro atoms. The number of thioether (sulfide) groups is 1. The maximum atomic E-state index is 12.2. The second kappa shape index (κ2) is 10.1. The van der Waals surface area contributed by atoms with Crippen LogP contribution in [0, 0.1) is 0 Å². The Labute approximate surface area is 186 Å². The molecule has 156 valence electrons. The third-order valence-electron chi connectivity index (χ3n) is 4.96. The summed E-state index contributed by atoms with van der Waals surface area (Å²) in [4.78, 5) is 31.1. The van der Waals surface area contributed by atoms with E-state index in [2.05, 4.69) is 16.4 Å². The minimum absolute atomic E-state index is 0.171. The Morgan fingerprint density at radius 2 is 1.90 bits per heavy atom. The lowest BCUT2D eigenvalue weighted by Gasteiger charge is -2.15. The Kier molecular flexibility index (Phi) is 6.79. The highest BCUT2D eigenvalue weighted by Gasteiger charge is 2.21. The van der Waals surface area contributed by atoms with E-state index < -0.39 is 0 Å². The maximum Gasteiger partial charge on any atom is 0.248 e. The number of nitrogens with one attached hydrogen (secondary N) is 1. The quantitative estimate of drug-likeness (QED) is 0.417. The van der Waals surface area contributed by atoms with Crippen molar-refractivity contribution in [2.24, 2.45) is 0 Å². The average Bonchev–Trinajstić information content (AvgIpc) is 3.24. The van der Waals surface area contributed by atoms with Crippen molar-refractivity contribution in [3.05, 3.63) is 90.3 Å². The lowest BCUT2D eigenvalue weighted by Crippen LogP contribution is -2.23. The standard InChI is InChI=1S/C25H23N3O2S/c29-24(14-7-19-5-10-22(11-6-19)28-16-2-4-25(28)30)27-21-8-12-23(13-9-21)31-18-20-3-1-15-26-17-20/h1,3,5-15,17H,2,4,16,18H2,(H,27,29). The third-order valence-corrected chi connectivity index (χ3v) is 6.04. The van der Waals surface area contributed by atoms with Gasteiger partial charge >= 0.3 is 0 Å². The summed E-state index contributed by atoms with van der Waals surface area (Å²) in [5.74, 6) is 0.839. The van der Waals surface area contributed by atoms with E-state index in [0.29, 0.717) is 6.42 Å². The van der Waals surface area contributed by atoms with Crippen molar-refractivity contribution < 1.29 is 9.59 Å². The number of pyridine rings is 1. The minimum atomic E-state index is -0.186. The molecule has 2 heterocycles. The first-order chi connectivity index (χ1) is 15.2. The highest BCUT2D eigenvalue weighted by molar-refractivity contribution is 7.98. The first kappa shape index (κ1) is 20.9. The Morgan fingerprint density at radius 3 is 2.58 bits per heavy atom. The fraction of sp³-hybridized carbons (Fsp3) is 0.160. The van der Waals surface area contributed by atoms with Gasteiger partial charge in [-0.1, -0.05) is 18.2 Å². The molecule has 3 aromatic rings. The normalized spacial score (nSPS) is 13.7. The summed E-state index contributed by atoms with van der Waals surface area (Å²) in [5, 5.41) is 2.88. The Balaban J connectivity index is 1.28. The molecule has 2 amide bonds. The van der Waals surface area contributed by atoms with Gasteiger partial charge in [0.05, 0.1) is 0 Å². The molecule has 1 aromatic heterocycles. The van der Waals surface area contributed by atoms with E-state index in [4.69, 9.17) is 0 Å². The number of benzene rings is 2. The molecule has 0 aliphatic carbocycles. The van der Waals surface area contributed by atoms with Crippen molar-refractivity contribution in [3.63, 3.8) is 0 Å². The number of aromatic nitrogens is 1. The van der Waals surface area contributed by atoms with E-state index in [0.717, 1.165) is 40.6 Å². The molecule has 0 atom stereocenters. The largest absolute Gasteiger partial charge is 0.323 e. The van der Waals surface area contributed by atoms with Crippen LogP contribution in [0.5, 0.6) is 0 Å². The van der Waals surface area contributed by atoms with Gasteiger partial charge in [-0.15, -0.1) is 11.8 Å². The van der Waals surface area contributed by atoms with Gasteiger partial charge in [0.1, 0.15) is 0 Å². The number of carbonyl (C=O) groups excluding carboxylic acids is 2. The number of carbonyl (C=O) groups is 2. The van der Waals surface area contributed by atoms with Gasteiger partial charge in [0.25, 0.3) is 0 Å². The number of hydrogen-bond acceptors (Lipinski definition) is 4. The van der Waals surface area contributed by atoms with E-state index in [1.54, 1.807) is 28.9 Å². The van der Waals surface area contributed by atoms with Crippen LogP contribution in [0.2, 0.25) is 0 Å². The Hall–Kier alpha value is -3.38. The zero-order valence-corrected chi connectivity index (χ0v) is 17.8. The molecule has 4 rings (SSSR count). The maximum absolute atomic E-state index is 12.2. The molecule has 31 heavy (non-hydrogen) atoms. The minimum Gasteiger partial charge on any atom is -0.323 e. The van der Waals surface area contributed by atoms with Crippen LogP contribution < -0.4 is 10.2 Å². The summed E-state index contributed by atoms with van der Waals surface area (Å²) < 4.78 is 0. The first-order valence-electron chi connectivity index (χ1n) is 10.2. The third kappa shape index (κ3) is 5.83. The van der Waals surface area contributed by atoms with Crippen LogP contribution in [0.4, 0.5) is 11.4 Å². The molecule has 0 unspecified atom stereocenters. The zero-order chi connectivity index (χ0) is 21.5. The molecule has 6 heteroatoms. The van der Waals surface area contributed by atoms with Gasteiger partial charge < -0.3 is 10.2 Å². The van der Waals surface area contributed by atoms with Crippen LogP contribution in [0.15, 0.2) is 84.0 Å². The van der Waals surface area contributed by atoms with Crippen LogP contribution in [-0.2, 0) is 15.3 Å². The van der Waals surface area contributed by atoms with E-state index >= 15 is 0 Å². The Bertz CT molecular complexity index is 1060. The van der Waals surface area contributed by atoms with Crippen LogP contribution in [0.3, 0.4) is 0 Å². The van der Waals surface area contributed by atoms with Crippen LogP contribution in [-0.4, -0.2) is 23.3 Å². The average molecular weight is 430 g/mol. The number of hydrogen-bond donors (Lipinski definition) is 1. The van der Waals surface area contributed by atoms with Crippen LogP contribution in [0.1, 0.15) is 24.0 Å². The fourth-order valence-corrected chi connectivity index (χ4v) is 4.16. The summed E-state index contributed by atoms with van der Waals surface area (Å²) in [7, 11) is 0. The molecule has 1 aliphatic heterocycles. The molecular formula is C25H23N3O2S. The Morgan fingerprint density at radius 1 is 1.10 bits per heavy atom. The van der Waals surface area contributed by atoms with Gasteiger partial charge in [-0.25, -0.2) is 0 Å². The molecule has 2 aromatic carbocycles. The van der Waals surface area contributed by atoms with Crippen molar-refractivity contribution in [2.45, 2.75) is 23.5 Å². The van der Waals surface area contributed by atoms with Crippen LogP contribution in [0.25, 0.3) is 6.08 Å². The second-order valence-corrected chi connectivity index (χ2v) is 8.29. The molecule has 1 saturated heterocycles. The second-order valence-electron chi connectivity index (χ2n) is 7.24. The van der Waals surface area contributed by atoms with Crippen molar-refractivity contribution >= 4 is 41.0 Å². The van der Waals surface area contributed by atoms with E-state index in [9.17, 15) is 9.59 Å². The summed E-state index contributed by atoms with van der Waals surface area (Å²) in [6, 6.07) is 19.5. The lowest BCUT2D eigenvalue weighted by molar-refractivity contribution is -0.117. The number of rotatable bonds is 7. The molecular weight excluding hydrogens is 406 g/mol. The van der Waals surface area contributed by atoms with E-state index in [-0.39, 0.29) is 11.8 Å². The SMILES string of the molecule is O=C(C=Cc1ccc(N2CCCC2=O)cc1)Nc1ccc(SCc2cccnc2)cc1. The lowest BCUT2D eigenvalue weighted by atomic mass is 10.2. The van der Waals surface area contributed by atoms with Crippen molar-refractivity contribution in [2.75, 3.05) is 16.8 Å². The van der Waals surface area contributed by atoms with Crippen molar-refractivity contribution in [1.82, 2.24) is 4.98 Å². The molecule has 1 aliphatic rings. The predicted molar refractivity (Wildman–Crippen MR) is 126 cm³/mol. The number of nitrogens with zero attached hydrogens (tertiary/aromatic N) is 2. The summed E-state index contributed by atoms with van der Waals surface area (Å²) >= 11 is 1.73. The highest BCUT2D eigenvalue weighted by Crippen LogP contribution is 2.24. The first-order valence-corrected chi connectivity index (χ1v) is 11.2. The predicted octanol–water partition coefficient (Wildman–Crippen LogP) is 5.15. The molecule has 1 N–H and O–H groups in total. The number of amides is 2.